The van der Waals surface area contributed by atoms with E-state index in [-0.39, 0.29) is 11.9 Å². The van der Waals surface area contributed by atoms with Gasteiger partial charge in [0.15, 0.2) is 0 Å². The molecule has 0 saturated carbocycles. The lowest BCUT2D eigenvalue weighted by atomic mass is 10.0. The van der Waals surface area contributed by atoms with Crippen molar-refractivity contribution in [3.63, 3.8) is 0 Å². The van der Waals surface area contributed by atoms with Crippen LogP contribution in [0, 0.1) is 3.57 Å². The highest BCUT2D eigenvalue weighted by Crippen LogP contribution is 2.22. The number of hydrogen-bond donors (Lipinski definition) is 0. The average molecular weight is 557 g/mol. The van der Waals surface area contributed by atoms with E-state index < -0.39 is 0 Å². The van der Waals surface area contributed by atoms with E-state index >= 15 is 0 Å². The zero-order valence-corrected chi connectivity index (χ0v) is 20.3. The van der Waals surface area contributed by atoms with Gasteiger partial charge in [0.05, 0.1) is 17.7 Å². The Kier molecular flexibility index (Phi) is 6.41. The monoisotopic (exact) mass is 557 g/mol. The zero-order chi connectivity index (χ0) is 22.8. The van der Waals surface area contributed by atoms with Crippen LogP contribution in [0.4, 0.5) is 0 Å². The molecule has 0 unspecified atom stereocenters. The Hall–Kier alpha value is -2.79. The van der Waals surface area contributed by atoms with Crippen molar-refractivity contribution in [1.82, 2.24) is 24.6 Å². The summed E-state index contributed by atoms with van der Waals surface area (Å²) in [5.74, 6) is -0.0551. The molecule has 8 nitrogen and oxygen atoms in total. The van der Waals surface area contributed by atoms with Gasteiger partial charge in [0.1, 0.15) is 19.3 Å². The summed E-state index contributed by atoms with van der Waals surface area (Å²) >= 11 is 2.27. The predicted octanol–water partition coefficient (Wildman–Crippen LogP) is 2.47. The van der Waals surface area contributed by atoms with Gasteiger partial charge in [-0.2, -0.15) is 5.10 Å². The fourth-order valence-electron chi connectivity index (χ4n) is 4.32. The third-order valence-corrected chi connectivity index (χ3v) is 7.09. The van der Waals surface area contributed by atoms with Crippen molar-refractivity contribution < 1.29 is 14.3 Å². The molecular weight excluding hydrogens is 533 g/mol. The van der Waals surface area contributed by atoms with Gasteiger partial charge < -0.3 is 9.64 Å². The minimum atomic E-state index is -0.224. The number of nitrogens with zero attached hydrogens (tertiary/aromatic N) is 5. The third-order valence-electron chi connectivity index (χ3n) is 6.22. The Bertz CT molecular complexity index is 1170. The molecule has 0 radical (unpaired) electrons. The average Bonchev–Trinajstić information content (AvgIpc) is 3.48. The summed E-state index contributed by atoms with van der Waals surface area (Å²) in [6.45, 7) is 4.57. The summed E-state index contributed by atoms with van der Waals surface area (Å²) in [6.07, 6.45) is 4.51. The Balaban J connectivity index is 1.10. The topological polar surface area (TPSA) is 80.6 Å². The maximum absolute atomic E-state index is 12.9. The van der Waals surface area contributed by atoms with Gasteiger partial charge >= 0.3 is 5.97 Å². The van der Waals surface area contributed by atoms with E-state index in [1.165, 1.54) is 11.9 Å². The Morgan fingerprint density at radius 1 is 1.06 bits per heavy atom. The van der Waals surface area contributed by atoms with Gasteiger partial charge in [0.2, 0.25) is 5.91 Å². The van der Waals surface area contributed by atoms with Crippen LogP contribution < -0.4 is 0 Å². The van der Waals surface area contributed by atoms with Gasteiger partial charge in [-0.15, -0.1) is 0 Å². The number of rotatable bonds is 6. The number of esters is 1. The molecule has 2 aliphatic rings. The van der Waals surface area contributed by atoms with Crippen molar-refractivity contribution in [3.8, 4) is 5.69 Å². The molecule has 5 rings (SSSR count). The number of ether oxygens (including phenoxy) is 1. The summed E-state index contributed by atoms with van der Waals surface area (Å²) in [4.78, 5) is 32.8. The number of fused-ring (bicyclic) bond motifs is 1. The summed E-state index contributed by atoms with van der Waals surface area (Å²) in [7, 11) is 0. The molecule has 9 heteroatoms. The minimum absolute atomic E-state index is 0.169. The predicted molar refractivity (Wildman–Crippen MR) is 130 cm³/mol. The first-order valence-electron chi connectivity index (χ1n) is 11.0. The van der Waals surface area contributed by atoms with Crippen LogP contribution in [0.15, 0.2) is 49.1 Å². The molecule has 2 aliphatic heterocycles. The zero-order valence-electron chi connectivity index (χ0n) is 18.1. The Labute approximate surface area is 205 Å². The molecule has 1 saturated heterocycles. The van der Waals surface area contributed by atoms with Gasteiger partial charge in [-0.3, -0.25) is 9.69 Å². The lowest BCUT2D eigenvalue weighted by Crippen LogP contribution is -2.49. The number of aromatic nitrogens is 3. The van der Waals surface area contributed by atoms with Gasteiger partial charge in [-0.25, -0.2) is 14.5 Å². The van der Waals surface area contributed by atoms with Crippen molar-refractivity contribution in [2.75, 3.05) is 32.7 Å². The number of cyclic esters (lactones) is 1. The number of carbonyl (C=O) groups is 2. The fraction of sp³-hybridized carbons (Fsp3) is 0.333. The van der Waals surface area contributed by atoms with Crippen LogP contribution in [-0.4, -0.2) is 69.2 Å². The van der Waals surface area contributed by atoms with Crippen molar-refractivity contribution in [2.45, 2.75) is 19.4 Å². The van der Waals surface area contributed by atoms with E-state index in [1.807, 2.05) is 35.2 Å². The van der Waals surface area contributed by atoms with Gasteiger partial charge in [-0.05, 0) is 58.3 Å². The van der Waals surface area contributed by atoms with Crippen LogP contribution in [0.1, 0.15) is 27.0 Å². The summed E-state index contributed by atoms with van der Waals surface area (Å²) in [6, 6.07) is 12.0. The molecule has 0 aliphatic carbocycles. The van der Waals surface area contributed by atoms with Crippen molar-refractivity contribution in [3.05, 3.63) is 74.9 Å². The molecule has 2 aromatic carbocycles. The van der Waals surface area contributed by atoms with E-state index in [2.05, 4.69) is 43.6 Å². The SMILES string of the molecule is O=C1OCc2cc(CCN3CCN(C(=O)Cc4ccc(-n5cncn5)c(I)c4)CC3)ccc21. The highest BCUT2D eigenvalue weighted by atomic mass is 127. The number of amides is 1. The van der Waals surface area contributed by atoms with E-state index in [4.69, 9.17) is 4.74 Å². The molecule has 3 heterocycles. The van der Waals surface area contributed by atoms with Crippen LogP contribution in [0.25, 0.3) is 5.69 Å². The molecule has 1 aromatic heterocycles. The van der Waals surface area contributed by atoms with Crippen molar-refractivity contribution >= 4 is 34.5 Å². The minimum Gasteiger partial charge on any atom is -0.457 e. The Morgan fingerprint density at radius 3 is 2.64 bits per heavy atom. The first-order chi connectivity index (χ1) is 16.1. The summed E-state index contributed by atoms with van der Waals surface area (Å²) in [5, 5.41) is 4.17. The number of halogens is 1. The van der Waals surface area contributed by atoms with E-state index in [0.29, 0.717) is 18.6 Å². The van der Waals surface area contributed by atoms with E-state index in [0.717, 1.165) is 59.5 Å². The number of piperazine rings is 1. The first kappa shape index (κ1) is 22.0. The standard InChI is InChI=1S/C24H24IN5O3/c25-21-12-18(2-4-22(21)30-16-26-15-27-30)13-23(31)29-9-7-28(8-10-29)6-5-17-1-3-20-19(11-17)14-33-24(20)32/h1-4,11-12,15-16H,5-10,13-14H2. The number of carbonyl (C=O) groups excluding carboxylic acids is 2. The molecule has 3 aromatic rings. The lowest BCUT2D eigenvalue weighted by Gasteiger charge is -2.35. The second-order valence-corrected chi connectivity index (χ2v) is 9.50. The molecule has 33 heavy (non-hydrogen) atoms. The molecular formula is C24H24IN5O3. The maximum Gasteiger partial charge on any atom is 0.338 e. The van der Waals surface area contributed by atoms with Crippen LogP contribution in [0.5, 0.6) is 0 Å². The molecule has 0 N–H and O–H groups in total. The lowest BCUT2D eigenvalue weighted by molar-refractivity contribution is -0.132. The molecule has 0 bridgehead atoms. The van der Waals surface area contributed by atoms with Gasteiger partial charge in [0.25, 0.3) is 0 Å². The highest BCUT2D eigenvalue weighted by molar-refractivity contribution is 14.1. The second kappa shape index (κ2) is 9.60. The van der Waals surface area contributed by atoms with Crippen LogP contribution >= 0.6 is 22.6 Å². The molecule has 1 amide bonds. The van der Waals surface area contributed by atoms with Gasteiger partial charge in [0, 0.05) is 41.9 Å². The largest absolute Gasteiger partial charge is 0.457 e. The maximum atomic E-state index is 12.9. The quantitative estimate of drug-likeness (QED) is 0.343. The van der Waals surface area contributed by atoms with Crippen molar-refractivity contribution in [1.29, 1.82) is 0 Å². The first-order valence-corrected chi connectivity index (χ1v) is 12.1. The molecule has 0 spiro atoms. The van der Waals surface area contributed by atoms with E-state index in [1.54, 1.807) is 11.0 Å². The summed E-state index contributed by atoms with van der Waals surface area (Å²) in [5.41, 5.74) is 4.86. The second-order valence-electron chi connectivity index (χ2n) is 8.34. The fourth-order valence-corrected chi connectivity index (χ4v) is 5.14. The van der Waals surface area contributed by atoms with Crippen LogP contribution in [-0.2, 0) is 29.0 Å². The molecule has 1 fully saturated rings. The van der Waals surface area contributed by atoms with Crippen LogP contribution in [0.2, 0.25) is 0 Å². The smallest absolute Gasteiger partial charge is 0.338 e. The highest BCUT2D eigenvalue weighted by Gasteiger charge is 2.23. The number of benzene rings is 2. The third kappa shape index (κ3) is 4.93. The molecule has 0 atom stereocenters. The van der Waals surface area contributed by atoms with Gasteiger partial charge in [-0.1, -0.05) is 18.2 Å². The Morgan fingerprint density at radius 2 is 1.88 bits per heavy atom. The molecule has 170 valence electrons. The summed E-state index contributed by atoms with van der Waals surface area (Å²) < 4.78 is 7.85. The van der Waals surface area contributed by atoms with Crippen molar-refractivity contribution in [2.24, 2.45) is 0 Å². The van der Waals surface area contributed by atoms with E-state index in [9.17, 15) is 9.59 Å². The van der Waals surface area contributed by atoms with Crippen LogP contribution in [0.3, 0.4) is 0 Å². The normalized spacial score (nSPS) is 16.0. The number of hydrogen-bond acceptors (Lipinski definition) is 6.